The van der Waals surface area contributed by atoms with Gasteiger partial charge >= 0.3 is 5.69 Å². The Hall–Kier alpha value is -3.59. The van der Waals surface area contributed by atoms with Crippen molar-refractivity contribution in [1.29, 1.82) is 0 Å². The molecule has 0 aliphatic rings. The maximum Gasteiger partial charge on any atom is 0.332 e. The lowest BCUT2D eigenvalue weighted by Crippen LogP contribution is -2.42. The van der Waals surface area contributed by atoms with Crippen LogP contribution in [0.3, 0.4) is 0 Å². The maximum atomic E-state index is 13.0. The predicted octanol–water partition coefficient (Wildman–Crippen LogP) is 2.19. The average Bonchev–Trinajstić information content (AvgIpc) is 3.45. The molecule has 0 fully saturated rings. The summed E-state index contributed by atoms with van der Waals surface area (Å²) in [5.74, 6) is 0.888. The van der Waals surface area contributed by atoms with Gasteiger partial charge in [-0.25, -0.2) is 4.79 Å². The van der Waals surface area contributed by atoms with E-state index in [0.717, 1.165) is 15.9 Å². The van der Waals surface area contributed by atoms with E-state index in [2.05, 4.69) is 5.32 Å². The van der Waals surface area contributed by atoms with E-state index < -0.39 is 11.2 Å². The molecule has 0 aliphatic carbocycles. The van der Waals surface area contributed by atoms with Gasteiger partial charge in [-0.05, 0) is 41.3 Å². The van der Waals surface area contributed by atoms with Crippen molar-refractivity contribution in [1.82, 2.24) is 14.5 Å². The number of thiophene rings is 1. The second-order valence-corrected chi connectivity index (χ2v) is 7.52. The Morgan fingerprint density at radius 2 is 1.93 bits per heavy atom. The number of hydrogen-bond donors (Lipinski definition) is 1. The van der Waals surface area contributed by atoms with E-state index in [1.807, 2.05) is 24.3 Å². The van der Waals surface area contributed by atoms with Crippen molar-refractivity contribution in [3.05, 3.63) is 86.3 Å². The SMILES string of the molecule is COc1ccc(CNC(=O)Cn2c(=O)n(Cc3ccco3)c(=O)c3sccc32)cc1. The van der Waals surface area contributed by atoms with Gasteiger partial charge in [0.2, 0.25) is 5.91 Å². The van der Waals surface area contributed by atoms with Gasteiger partial charge in [0.25, 0.3) is 5.56 Å². The molecule has 0 spiro atoms. The van der Waals surface area contributed by atoms with Crippen molar-refractivity contribution in [2.75, 3.05) is 7.11 Å². The van der Waals surface area contributed by atoms with Gasteiger partial charge in [-0.15, -0.1) is 11.3 Å². The van der Waals surface area contributed by atoms with Crippen LogP contribution in [0.5, 0.6) is 5.75 Å². The number of methoxy groups -OCH3 is 1. The number of rotatable bonds is 7. The molecule has 1 aromatic carbocycles. The van der Waals surface area contributed by atoms with E-state index in [1.165, 1.54) is 22.2 Å². The Labute approximate surface area is 174 Å². The topological polar surface area (TPSA) is 95.5 Å². The molecule has 0 bridgehead atoms. The van der Waals surface area contributed by atoms with Crippen LogP contribution in [0.15, 0.2) is 68.1 Å². The molecular weight excluding hydrogens is 406 g/mol. The summed E-state index contributed by atoms with van der Waals surface area (Å²) in [5.41, 5.74) is 0.406. The molecule has 0 saturated carbocycles. The Morgan fingerprint density at radius 1 is 1.13 bits per heavy atom. The van der Waals surface area contributed by atoms with Gasteiger partial charge in [-0.1, -0.05) is 12.1 Å². The van der Waals surface area contributed by atoms with E-state index in [-0.39, 0.29) is 19.0 Å². The fourth-order valence-electron chi connectivity index (χ4n) is 3.13. The number of nitrogens with zero attached hydrogens (tertiary/aromatic N) is 2. The lowest BCUT2D eigenvalue weighted by Gasteiger charge is -2.12. The summed E-state index contributed by atoms with van der Waals surface area (Å²) >= 11 is 1.24. The molecular formula is C21H19N3O5S. The van der Waals surface area contributed by atoms with E-state index in [9.17, 15) is 14.4 Å². The summed E-state index contributed by atoms with van der Waals surface area (Å²) in [6.45, 7) is 0.128. The van der Waals surface area contributed by atoms with Gasteiger partial charge in [-0.2, -0.15) is 0 Å². The minimum Gasteiger partial charge on any atom is -0.497 e. The highest BCUT2D eigenvalue weighted by Crippen LogP contribution is 2.16. The molecule has 8 nitrogen and oxygen atoms in total. The Morgan fingerprint density at radius 3 is 2.63 bits per heavy atom. The number of nitrogens with one attached hydrogen (secondary N) is 1. The zero-order valence-corrected chi connectivity index (χ0v) is 17.0. The number of aromatic nitrogens is 2. The number of benzene rings is 1. The van der Waals surface area contributed by atoms with Crippen LogP contribution < -0.4 is 21.3 Å². The zero-order chi connectivity index (χ0) is 21.1. The molecule has 0 aliphatic heterocycles. The fraction of sp³-hybridized carbons (Fsp3) is 0.190. The second-order valence-electron chi connectivity index (χ2n) is 6.60. The lowest BCUT2D eigenvalue weighted by molar-refractivity contribution is -0.121. The molecule has 0 atom stereocenters. The normalized spacial score (nSPS) is 11.0. The smallest absolute Gasteiger partial charge is 0.332 e. The van der Waals surface area contributed by atoms with E-state index >= 15 is 0 Å². The largest absolute Gasteiger partial charge is 0.497 e. The minimum absolute atomic E-state index is 0.00593. The number of carbonyl (C=O) groups excluding carboxylic acids is 1. The van der Waals surface area contributed by atoms with Gasteiger partial charge in [0.1, 0.15) is 22.8 Å². The van der Waals surface area contributed by atoms with Gasteiger partial charge in [0.15, 0.2) is 0 Å². The third kappa shape index (κ3) is 3.92. The van der Waals surface area contributed by atoms with Crippen molar-refractivity contribution in [3.63, 3.8) is 0 Å². The Bertz CT molecular complexity index is 1280. The average molecular weight is 425 g/mol. The van der Waals surface area contributed by atoms with Gasteiger partial charge in [-0.3, -0.25) is 18.7 Å². The summed E-state index contributed by atoms with van der Waals surface area (Å²) in [5, 5.41) is 4.54. The molecule has 0 unspecified atom stereocenters. The van der Waals surface area contributed by atoms with Crippen LogP contribution in [0.2, 0.25) is 0 Å². The number of ether oxygens (including phenoxy) is 1. The van der Waals surface area contributed by atoms with Crippen molar-refractivity contribution in [3.8, 4) is 5.75 Å². The predicted molar refractivity (Wildman–Crippen MR) is 113 cm³/mol. The first kappa shape index (κ1) is 19.7. The molecule has 9 heteroatoms. The van der Waals surface area contributed by atoms with Crippen LogP contribution >= 0.6 is 11.3 Å². The molecule has 154 valence electrons. The van der Waals surface area contributed by atoms with Crippen molar-refractivity contribution in [2.24, 2.45) is 0 Å². The third-order valence-electron chi connectivity index (χ3n) is 4.68. The first-order chi connectivity index (χ1) is 14.6. The summed E-state index contributed by atoms with van der Waals surface area (Å²) in [4.78, 5) is 38.3. The molecule has 0 saturated heterocycles. The minimum atomic E-state index is -0.554. The maximum absolute atomic E-state index is 13.0. The standard InChI is InChI=1S/C21H19N3O5S/c1-28-15-6-4-14(5-7-15)11-22-18(25)13-23-17-8-10-30-19(17)20(26)24(21(23)27)12-16-3-2-9-29-16/h2-10H,11-13H2,1H3,(H,22,25). The number of hydrogen-bond acceptors (Lipinski definition) is 6. The van der Waals surface area contributed by atoms with Gasteiger partial charge in [0.05, 0.1) is 25.4 Å². The lowest BCUT2D eigenvalue weighted by atomic mass is 10.2. The summed E-state index contributed by atoms with van der Waals surface area (Å²) < 4.78 is 13.2. The zero-order valence-electron chi connectivity index (χ0n) is 16.2. The first-order valence-corrected chi connectivity index (χ1v) is 10.1. The van der Waals surface area contributed by atoms with Crippen molar-refractivity contribution >= 4 is 27.5 Å². The van der Waals surface area contributed by atoms with E-state index in [0.29, 0.717) is 22.5 Å². The Kier molecular flexibility index (Phi) is 5.53. The quantitative estimate of drug-likeness (QED) is 0.490. The monoisotopic (exact) mass is 425 g/mol. The molecule has 1 N–H and O–H groups in total. The van der Waals surface area contributed by atoms with Crippen LogP contribution in [-0.4, -0.2) is 22.2 Å². The Balaban J connectivity index is 1.58. The summed E-state index contributed by atoms with van der Waals surface area (Å²) in [6.07, 6.45) is 1.48. The van der Waals surface area contributed by atoms with Crippen molar-refractivity contribution < 1.29 is 13.9 Å². The molecule has 3 aromatic heterocycles. The number of amides is 1. The number of fused-ring (bicyclic) bond motifs is 1. The highest BCUT2D eigenvalue weighted by molar-refractivity contribution is 7.17. The molecule has 4 aromatic rings. The van der Waals surface area contributed by atoms with Crippen LogP contribution in [0.1, 0.15) is 11.3 Å². The molecule has 30 heavy (non-hydrogen) atoms. The fourth-order valence-corrected chi connectivity index (χ4v) is 3.97. The highest BCUT2D eigenvalue weighted by Gasteiger charge is 2.17. The molecule has 3 heterocycles. The van der Waals surface area contributed by atoms with E-state index in [4.69, 9.17) is 9.15 Å². The van der Waals surface area contributed by atoms with Crippen LogP contribution in [-0.2, 0) is 24.4 Å². The first-order valence-electron chi connectivity index (χ1n) is 9.19. The number of carbonyl (C=O) groups is 1. The van der Waals surface area contributed by atoms with Crippen LogP contribution in [0, 0.1) is 0 Å². The van der Waals surface area contributed by atoms with Gasteiger partial charge in [0, 0.05) is 6.54 Å². The van der Waals surface area contributed by atoms with Crippen molar-refractivity contribution in [2.45, 2.75) is 19.6 Å². The van der Waals surface area contributed by atoms with E-state index in [1.54, 1.807) is 30.7 Å². The van der Waals surface area contributed by atoms with Crippen LogP contribution in [0.4, 0.5) is 0 Å². The second kappa shape index (κ2) is 8.42. The summed E-state index contributed by atoms with van der Waals surface area (Å²) in [7, 11) is 1.59. The van der Waals surface area contributed by atoms with Gasteiger partial charge < -0.3 is 14.5 Å². The molecule has 4 rings (SSSR count). The van der Waals surface area contributed by atoms with Crippen LogP contribution in [0.25, 0.3) is 10.2 Å². The summed E-state index contributed by atoms with van der Waals surface area (Å²) in [6, 6.07) is 12.4. The highest BCUT2D eigenvalue weighted by atomic mass is 32.1. The molecule has 1 amide bonds. The molecule has 0 radical (unpaired) electrons. The third-order valence-corrected chi connectivity index (χ3v) is 5.57. The number of furan rings is 1.